The van der Waals surface area contributed by atoms with Crippen molar-refractivity contribution in [3.8, 4) is 11.6 Å². The van der Waals surface area contributed by atoms with Crippen LogP contribution in [0.5, 0.6) is 11.6 Å². The predicted octanol–water partition coefficient (Wildman–Crippen LogP) is 5.13. The van der Waals surface area contributed by atoms with E-state index in [1.807, 2.05) is 43.5 Å². The fourth-order valence-corrected chi connectivity index (χ4v) is 5.49. The Morgan fingerprint density at radius 3 is 2.37 bits per heavy atom. The molecule has 9 heteroatoms. The maximum Gasteiger partial charge on any atom is 0.263 e. The topological polar surface area (TPSA) is 101 Å². The third-order valence-corrected chi connectivity index (χ3v) is 7.88. The van der Waals surface area contributed by atoms with E-state index in [0.717, 1.165) is 46.7 Å². The SMILES string of the molecule is CCc1ccc(CCOc2ccc(Cc3sc(NS(=O)(=O)c4ccc(C)cc4)nc3O)cc2)nc1. The van der Waals surface area contributed by atoms with Gasteiger partial charge in [-0.25, -0.2) is 8.42 Å². The molecule has 0 saturated carbocycles. The molecule has 0 amide bonds. The largest absolute Gasteiger partial charge is 0.493 e. The van der Waals surface area contributed by atoms with Gasteiger partial charge < -0.3 is 9.84 Å². The number of nitrogens with zero attached hydrogens (tertiary/aromatic N) is 2. The molecule has 0 spiro atoms. The number of hydrogen-bond donors (Lipinski definition) is 2. The molecule has 2 heterocycles. The van der Waals surface area contributed by atoms with E-state index in [1.54, 1.807) is 12.1 Å². The Morgan fingerprint density at radius 1 is 1.00 bits per heavy atom. The molecule has 182 valence electrons. The van der Waals surface area contributed by atoms with Gasteiger partial charge in [0.05, 0.1) is 16.4 Å². The van der Waals surface area contributed by atoms with E-state index in [0.29, 0.717) is 17.9 Å². The van der Waals surface area contributed by atoms with E-state index in [4.69, 9.17) is 4.74 Å². The summed E-state index contributed by atoms with van der Waals surface area (Å²) in [6, 6.07) is 18.2. The minimum Gasteiger partial charge on any atom is -0.493 e. The number of aromatic hydroxyl groups is 1. The Hall–Kier alpha value is -3.43. The number of pyridine rings is 1. The van der Waals surface area contributed by atoms with Crippen LogP contribution in [-0.2, 0) is 29.3 Å². The highest BCUT2D eigenvalue weighted by molar-refractivity contribution is 7.93. The first-order valence-electron chi connectivity index (χ1n) is 11.3. The van der Waals surface area contributed by atoms with Crippen LogP contribution in [0, 0.1) is 6.92 Å². The van der Waals surface area contributed by atoms with E-state index in [1.165, 1.54) is 17.7 Å². The second-order valence-corrected chi connectivity index (χ2v) is 10.9. The summed E-state index contributed by atoms with van der Waals surface area (Å²) in [5.41, 5.74) is 4.12. The number of ether oxygens (including phenoxy) is 1. The van der Waals surface area contributed by atoms with Gasteiger partial charge in [0.25, 0.3) is 10.0 Å². The second-order valence-electron chi connectivity index (χ2n) is 8.11. The van der Waals surface area contributed by atoms with Crippen LogP contribution in [-0.4, -0.2) is 30.1 Å². The normalized spacial score (nSPS) is 11.4. The van der Waals surface area contributed by atoms with Crippen molar-refractivity contribution in [3.05, 3.63) is 94.1 Å². The van der Waals surface area contributed by atoms with Crippen molar-refractivity contribution in [2.24, 2.45) is 0 Å². The highest BCUT2D eigenvalue weighted by Crippen LogP contribution is 2.32. The van der Waals surface area contributed by atoms with Gasteiger partial charge in [-0.1, -0.05) is 54.2 Å². The molecule has 0 aliphatic rings. The van der Waals surface area contributed by atoms with Crippen LogP contribution in [0.3, 0.4) is 0 Å². The van der Waals surface area contributed by atoms with Crippen LogP contribution in [0.2, 0.25) is 0 Å². The van der Waals surface area contributed by atoms with E-state index in [2.05, 4.69) is 27.7 Å². The Kier molecular flexibility index (Phi) is 7.67. The summed E-state index contributed by atoms with van der Waals surface area (Å²) < 4.78 is 33.5. The Bertz CT molecular complexity index is 1370. The van der Waals surface area contributed by atoms with Crippen LogP contribution in [0.15, 0.2) is 71.8 Å². The molecule has 2 aromatic carbocycles. The molecule has 0 atom stereocenters. The monoisotopic (exact) mass is 509 g/mol. The lowest BCUT2D eigenvalue weighted by atomic mass is 10.1. The third kappa shape index (κ3) is 6.58. The van der Waals surface area contributed by atoms with Crippen LogP contribution in [0.1, 0.15) is 34.2 Å². The molecule has 4 rings (SSSR count). The summed E-state index contributed by atoms with van der Waals surface area (Å²) in [7, 11) is -3.78. The first-order valence-corrected chi connectivity index (χ1v) is 13.6. The van der Waals surface area contributed by atoms with Gasteiger partial charge in [0, 0.05) is 24.7 Å². The fourth-order valence-electron chi connectivity index (χ4n) is 3.37. The van der Waals surface area contributed by atoms with Gasteiger partial charge in [-0.3, -0.25) is 9.71 Å². The summed E-state index contributed by atoms with van der Waals surface area (Å²) in [6.07, 6.45) is 4.02. The summed E-state index contributed by atoms with van der Waals surface area (Å²) >= 11 is 1.11. The Labute approximate surface area is 209 Å². The lowest BCUT2D eigenvalue weighted by molar-refractivity contribution is 0.320. The lowest BCUT2D eigenvalue weighted by Crippen LogP contribution is -2.12. The smallest absolute Gasteiger partial charge is 0.263 e. The van der Waals surface area contributed by atoms with Gasteiger partial charge in [-0.2, -0.15) is 4.98 Å². The molecule has 0 fully saturated rings. The van der Waals surface area contributed by atoms with E-state index >= 15 is 0 Å². The summed E-state index contributed by atoms with van der Waals surface area (Å²) in [5.74, 6) is 0.567. The number of aromatic nitrogens is 2. The highest BCUT2D eigenvalue weighted by atomic mass is 32.2. The maximum absolute atomic E-state index is 12.6. The van der Waals surface area contributed by atoms with E-state index in [-0.39, 0.29) is 15.9 Å². The number of aryl methyl sites for hydroxylation is 2. The fraction of sp³-hybridized carbons (Fsp3) is 0.231. The number of sulfonamides is 1. The zero-order chi connectivity index (χ0) is 24.8. The summed E-state index contributed by atoms with van der Waals surface area (Å²) in [4.78, 5) is 9.14. The minimum atomic E-state index is -3.78. The molecule has 7 nitrogen and oxygen atoms in total. The first kappa shape index (κ1) is 24.7. The first-order chi connectivity index (χ1) is 16.8. The summed E-state index contributed by atoms with van der Waals surface area (Å²) in [5, 5.41) is 10.4. The van der Waals surface area contributed by atoms with Gasteiger partial charge in [0.2, 0.25) is 5.88 Å². The van der Waals surface area contributed by atoms with Crippen molar-refractivity contribution >= 4 is 26.5 Å². The molecule has 35 heavy (non-hydrogen) atoms. The highest BCUT2D eigenvalue weighted by Gasteiger charge is 2.18. The number of benzene rings is 2. The second kappa shape index (κ2) is 10.9. The lowest BCUT2D eigenvalue weighted by Gasteiger charge is -2.07. The quantitative estimate of drug-likeness (QED) is 0.307. The molecular formula is C26H27N3O4S2. The zero-order valence-electron chi connectivity index (χ0n) is 19.6. The minimum absolute atomic E-state index is 0.124. The van der Waals surface area contributed by atoms with Crippen LogP contribution < -0.4 is 9.46 Å². The van der Waals surface area contributed by atoms with Crippen molar-refractivity contribution in [1.29, 1.82) is 0 Å². The molecule has 0 saturated heterocycles. The van der Waals surface area contributed by atoms with Crippen molar-refractivity contribution in [2.45, 2.75) is 38.0 Å². The molecule has 0 aliphatic carbocycles. The van der Waals surface area contributed by atoms with Gasteiger partial charge in [-0.15, -0.1) is 0 Å². The molecule has 4 aromatic rings. The average Bonchev–Trinajstić information content (AvgIpc) is 3.18. The molecular weight excluding hydrogens is 482 g/mol. The van der Waals surface area contributed by atoms with Gasteiger partial charge in [-0.05, 0) is 54.8 Å². The van der Waals surface area contributed by atoms with Crippen molar-refractivity contribution in [2.75, 3.05) is 11.3 Å². The number of hydrogen-bond acceptors (Lipinski definition) is 7. The predicted molar refractivity (Wildman–Crippen MR) is 138 cm³/mol. The average molecular weight is 510 g/mol. The van der Waals surface area contributed by atoms with Crippen LogP contribution >= 0.6 is 11.3 Å². The Morgan fingerprint density at radius 2 is 1.71 bits per heavy atom. The van der Waals surface area contributed by atoms with Gasteiger partial charge >= 0.3 is 0 Å². The van der Waals surface area contributed by atoms with Crippen molar-refractivity contribution in [3.63, 3.8) is 0 Å². The Balaban J connectivity index is 1.33. The molecule has 2 N–H and O–H groups in total. The number of rotatable bonds is 10. The third-order valence-electron chi connectivity index (χ3n) is 5.44. The van der Waals surface area contributed by atoms with E-state index < -0.39 is 10.0 Å². The number of nitrogens with one attached hydrogen (secondary N) is 1. The maximum atomic E-state index is 12.6. The van der Waals surface area contributed by atoms with Crippen molar-refractivity contribution in [1.82, 2.24) is 9.97 Å². The number of anilines is 1. The van der Waals surface area contributed by atoms with Crippen LogP contribution in [0.25, 0.3) is 0 Å². The molecule has 0 unspecified atom stereocenters. The van der Waals surface area contributed by atoms with Gasteiger partial charge in [0.1, 0.15) is 5.75 Å². The zero-order valence-corrected chi connectivity index (χ0v) is 21.2. The molecule has 0 radical (unpaired) electrons. The standard InChI is InChI=1S/C26H27N3O4S2/c1-3-19-6-9-21(27-17-19)14-15-33-22-10-7-20(8-11-22)16-24-25(30)28-26(34-24)29-35(31,32)23-12-4-18(2)5-13-23/h4-13,17,30H,3,14-16H2,1-2H3,(H,28,29). The molecule has 0 aliphatic heterocycles. The van der Waals surface area contributed by atoms with E-state index in [9.17, 15) is 13.5 Å². The summed E-state index contributed by atoms with van der Waals surface area (Å²) in [6.45, 7) is 4.52. The van der Waals surface area contributed by atoms with Gasteiger partial charge in [0.15, 0.2) is 5.13 Å². The molecule has 2 aromatic heterocycles. The van der Waals surface area contributed by atoms with Crippen molar-refractivity contribution < 1.29 is 18.3 Å². The molecule has 0 bridgehead atoms. The van der Waals surface area contributed by atoms with Crippen LogP contribution in [0.4, 0.5) is 5.13 Å². The number of thiazole rings is 1.